The van der Waals surface area contributed by atoms with Gasteiger partial charge in [0.15, 0.2) is 0 Å². The van der Waals surface area contributed by atoms with Crippen molar-refractivity contribution < 1.29 is 14.3 Å². The molecular formula is C22H28N4O3. The van der Waals surface area contributed by atoms with Crippen molar-refractivity contribution in [2.75, 3.05) is 25.5 Å². The van der Waals surface area contributed by atoms with Gasteiger partial charge in [-0.15, -0.1) is 0 Å². The molecule has 2 aliphatic rings. The number of H-pyrrole nitrogens is 1. The van der Waals surface area contributed by atoms with Gasteiger partial charge in [-0.2, -0.15) is 5.10 Å². The van der Waals surface area contributed by atoms with Crippen molar-refractivity contribution in [2.45, 2.75) is 44.4 Å². The first kappa shape index (κ1) is 19.5. The van der Waals surface area contributed by atoms with E-state index in [0.29, 0.717) is 17.9 Å². The lowest BCUT2D eigenvalue weighted by molar-refractivity contribution is -0.119. The highest BCUT2D eigenvalue weighted by Gasteiger charge is 2.30. The largest absolute Gasteiger partial charge is 0.497 e. The van der Waals surface area contributed by atoms with Gasteiger partial charge in [0.1, 0.15) is 5.75 Å². The lowest BCUT2D eigenvalue weighted by atomic mass is 9.93. The maximum atomic E-state index is 13.0. The second-order valence-corrected chi connectivity index (χ2v) is 7.99. The number of carbonyl (C=O) groups excluding carboxylic acids is 2. The Labute approximate surface area is 170 Å². The fourth-order valence-electron chi connectivity index (χ4n) is 4.47. The van der Waals surface area contributed by atoms with Gasteiger partial charge in [-0.05, 0) is 43.9 Å². The summed E-state index contributed by atoms with van der Waals surface area (Å²) in [6.45, 7) is 1.33. The summed E-state index contributed by atoms with van der Waals surface area (Å²) in [5, 5.41) is 10.3. The predicted molar refractivity (Wildman–Crippen MR) is 110 cm³/mol. The number of hydrogen-bond donors (Lipinski definition) is 2. The molecule has 1 saturated carbocycles. The Balaban J connectivity index is 1.45. The molecular weight excluding hydrogens is 368 g/mol. The van der Waals surface area contributed by atoms with Crippen molar-refractivity contribution in [3.8, 4) is 5.75 Å². The van der Waals surface area contributed by atoms with Crippen LogP contribution < -0.4 is 10.1 Å². The molecule has 2 heterocycles. The van der Waals surface area contributed by atoms with Crippen molar-refractivity contribution in [2.24, 2.45) is 5.92 Å². The molecule has 7 heteroatoms. The highest BCUT2D eigenvalue weighted by atomic mass is 16.5. The van der Waals surface area contributed by atoms with E-state index in [1.165, 1.54) is 0 Å². The van der Waals surface area contributed by atoms with Crippen LogP contribution in [0.3, 0.4) is 0 Å². The number of aromatic nitrogens is 2. The van der Waals surface area contributed by atoms with Gasteiger partial charge in [0.25, 0.3) is 5.91 Å². The molecule has 29 heavy (non-hydrogen) atoms. The number of ether oxygens (including phenoxy) is 1. The molecule has 2 fully saturated rings. The molecule has 1 aromatic carbocycles. The molecule has 2 N–H and O–H groups in total. The first-order chi connectivity index (χ1) is 14.2. The van der Waals surface area contributed by atoms with Gasteiger partial charge in [0.2, 0.25) is 5.91 Å². The topological polar surface area (TPSA) is 87.3 Å². The Hall–Kier alpha value is -2.83. The Morgan fingerprint density at radius 3 is 2.83 bits per heavy atom. The molecule has 1 aromatic heterocycles. The summed E-state index contributed by atoms with van der Waals surface area (Å²) in [6, 6.07) is 7.26. The van der Waals surface area contributed by atoms with Crippen LogP contribution in [0.15, 0.2) is 30.5 Å². The molecule has 2 aromatic rings. The van der Waals surface area contributed by atoms with Crippen molar-refractivity contribution in [1.29, 1.82) is 0 Å². The standard InChI is InChI=1S/C22H28N4O3/c1-29-18-10-4-8-16(12-18)22(28)26-11-5-9-17(14-26)20-19(13-23-25-20)24-21(27)15-6-2-3-7-15/h4,8,10,12-13,15,17H,2-3,5-7,9,11,14H2,1H3,(H,23,25)(H,24,27)/t17-/m1/s1. The van der Waals surface area contributed by atoms with Crippen LogP contribution in [0.2, 0.25) is 0 Å². The Kier molecular flexibility index (Phi) is 5.83. The van der Waals surface area contributed by atoms with E-state index in [4.69, 9.17) is 4.74 Å². The molecule has 1 aliphatic carbocycles. The quantitative estimate of drug-likeness (QED) is 0.809. The van der Waals surface area contributed by atoms with Crippen LogP contribution in [0.4, 0.5) is 5.69 Å². The zero-order valence-corrected chi connectivity index (χ0v) is 16.8. The van der Waals surface area contributed by atoms with Gasteiger partial charge in [0.05, 0.1) is 24.7 Å². The van der Waals surface area contributed by atoms with Crippen molar-refractivity contribution in [1.82, 2.24) is 15.1 Å². The van der Waals surface area contributed by atoms with Crippen LogP contribution in [0.1, 0.15) is 60.5 Å². The van der Waals surface area contributed by atoms with Crippen LogP contribution in [0.25, 0.3) is 0 Å². The summed E-state index contributed by atoms with van der Waals surface area (Å²) in [5.41, 5.74) is 2.30. The highest BCUT2D eigenvalue weighted by molar-refractivity contribution is 5.95. The van der Waals surface area contributed by atoms with E-state index in [1.54, 1.807) is 19.4 Å². The molecule has 1 aliphatic heterocycles. The molecule has 0 radical (unpaired) electrons. The smallest absolute Gasteiger partial charge is 0.254 e. The fraction of sp³-hybridized carbons (Fsp3) is 0.500. The third-order valence-corrected chi connectivity index (χ3v) is 6.09. The highest BCUT2D eigenvalue weighted by Crippen LogP contribution is 2.32. The average Bonchev–Trinajstić information content (AvgIpc) is 3.45. The van der Waals surface area contributed by atoms with E-state index < -0.39 is 0 Å². The van der Waals surface area contributed by atoms with Gasteiger partial charge >= 0.3 is 0 Å². The minimum absolute atomic E-state index is 0.00431. The van der Waals surface area contributed by atoms with Crippen LogP contribution in [-0.4, -0.2) is 47.1 Å². The second-order valence-electron chi connectivity index (χ2n) is 7.99. The molecule has 0 unspecified atom stereocenters. The van der Waals surface area contributed by atoms with Crippen molar-refractivity contribution in [3.05, 3.63) is 41.7 Å². The first-order valence-electron chi connectivity index (χ1n) is 10.4. The summed E-state index contributed by atoms with van der Waals surface area (Å²) in [5.74, 6) is 1.000. The normalized spacial score (nSPS) is 19.9. The predicted octanol–water partition coefficient (Wildman–Crippen LogP) is 3.57. The van der Waals surface area contributed by atoms with Gasteiger partial charge in [-0.1, -0.05) is 18.9 Å². The summed E-state index contributed by atoms with van der Waals surface area (Å²) < 4.78 is 5.24. The molecule has 0 bridgehead atoms. The van der Waals surface area contributed by atoms with E-state index >= 15 is 0 Å². The zero-order valence-electron chi connectivity index (χ0n) is 16.8. The Morgan fingerprint density at radius 2 is 2.03 bits per heavy atom. The number of aromatic amines is 1. The van der Waals surface area contributed by atoms with Crippen LogP contribution in [-0.2, 0) is 4.79 Å². The Bertz CT molecular complexity index is 872. The number of methoxy groups -OCH3 is 1. The molecule has 1 saturated heterocycles. The second kappa shape index (κ2) is 8.68. The number of nitrogens with zero attached hydrogens (tertiary/aromatic N) is 2. The van der Waals surface area contributed by atoms with Gasteiger partial charge in [-0.25, -0.2) is 0 Å². The van der Waals surface area contributed by atoms with E-state index in [0.717, 1.165) is 56.5 Å². The molecule has 4 rings (SSSR count). The monoisotopic (exact) mass is 396 g/mol. The number of hydrogen-bond acceptors (Lipinski definition) is 4. The van der Waals surface area contributed by atoms with E-state index in [9.17, 15) is 9.59 Å². The SMILES string of the molecule is COc1cccc(C(=O)N2CCC[C@@H](c3[nH]ncc3NC(=O)C3CCCC3)C2)c1. The molecule has 7 nitrogen and oxygen atoms in total. The third kappa shape index (κ3) is 4.28. The maximum Gasteiger partial charge on any atom is 0.254 e. The minimum atomic E-state index is 0.00431. The lowest BCUT2D eigenvalue weighted by Crippen LogP contribution is -2.39. The maximum absolute atomic E-state index is 13.0. The number of carbonyl (C=O) groups is 2. The van der Waals surface area contributed by atoms with Crippen molar-refractivity contribution in [3.63, 3.8) is 0 Å². The van der Waals surface area contributed by atoms with E-state index in [-0.39, 0.29) is 23.7 Å². The van der Waals surface area contributed by atoms with E-state index in [1.807, 2.05) is 23.1 Å². The first-order valence-corrected chi connectivity index (χ1v) is 10.4. The third-order valence-electron chi connectivity index (χ3n) is 6.09. The number of likely N-dealkylation sites (tertiary alicyclic amines) is 1. The van der Waals surface area contributed by atoms with Crippen molar-refractivity contribution >= 4 is 17.5 Å². The van der Waals surface area contributed by atoms with Gasteiger partial charge in [-0.3, -0.25) is 14.7 Å². The summed E-state index contributed by atoms with van der Waals surface area (Å²) in [7, 11) is 1.60. The van der Waals surface area contributed by atoms with Gasteiger partial charge < -0.3 is 15.0 Å². The van der Waals surface area contributed by atoms with Gasteiger partial charge in [0, 0.05) is 30.5 Å². The van der Waals surface area contributed by atoms with Crippen LogP contribution in [0, 0.1) is 5.92 Å². The summed E-state index contributed by atoms with van der Waals surface area (Å²) >= 11 is 0. The summed E-state index contributed by atoms with van der Waals surface area (Å²) in [6.07, 6.45) is 7.73. The number of benzene rings is 1. The number of anilines is 1. The Morgan fingerprint density at radius 1 is 1.21 bits per heavy atom. The molecule has 1 atom stereocenters. The number of nitrogens with one attached hydrogen (secondary N) is 2. The van der Waals surface area contributed by atoms with Crippen LogP contribution >= 0.6 is 0 Å². The molecule has 0 spiro atoms. The summed E-state index contributed by atoms with van der Waals surface area (Å²) in [4.78, 5) is 27.4. The minimum Gasteiger partial charge on any atom is -0.497 e. The number of piperidine rings is 1. The fourth-order valence-corrected chi connectivity index (χ4v) is 4.47. The average molecular weight is 396 g/mol. The van der Waals surface area contributed by atoms with E-state index in [2.05, 4.69) is 15.5 Å². The van der Waals surface area contributed by atoms with Crippen LogP contribution in [0.5, 0.6) is 5.75 Å². The lowest BCUT2D eigenvalue weighted by Gasteiger charge is -2.33. The molecule has 2 amide bonds. The number of amides is 2. The molecule has 154 valence electrons. The number of rotatable bonds is 5. The zero-order chi connectivity index (χ0) is 20.2.